The number of amides is 2. The molecule has 24 heavy (non-hydrogen) atoms. The maximum absolute atomic E-state index is 12.0. The second kappa shape index (κ2) is 9.05. The van der Waals surface area contributed by atoms with Crippen molar-refractivity contribution in [3.63, 3.8) is 0 Å². The molecule has 2 aromatic carbocycles. The Hall–Kier alpha value is -2.37. The van der Waals surface area contributed by atoms with E-state index in [9.17, 15) is 9.59 Å². The normalized spacial score (nSPS) is 10.2. The Morgan fingerprint density at radius 3 is 2.12 bits per heavy atom. The van der Waals surface area contributed by atoms with Crippen molar-refractivity contribution in [3.05, 3.63) is 59.1 Å². The zero-order valence-corrected chi connectivity index (χ0v) is 14.1. The quantitative estimate of drug-likeness (QED) is 0.806. The van der Waals surface area contributed by atoms with E-state index in [2.05, 4.69) is 10.6 Å². The van der Waals surface area contributed by atoms with Gasteiger partial charge in [0, 0.05) is 29.9 Å². The highest BCUT2D eigenvalue weighted by atomic mass is 35.5. The lowest BCUT2D eigenvalue weighted by atomic mass is 10.1. The van der Waals surface area contributed by atoms with Gasteiger partial charge in [0.05, 0.1) is 0 Å². The summed E-state index contributed by atoms with van der Waals surface area (Å²) < 4.78 is 4.75. The third kappa shape index (κ3) is 5.68. The number of hydrogen-bond donors (Lipinski definition) is 2. The topological polar surface area (TPSA) is 67.4 Å². The summed E-state index contributed by atoms with van der Waals surface area (Å²) >= 11 is 6.07. The molecule has 0 unspecified atom stereocenters. The molecule has 0 aliphatic rings. The average Bonchev–Trinajstić information content (AvgIpc) is 2.56. The van der Waals surface area contributed by atoms with Crippen LogP contribution in [-0.2, 0) is 20.7 Å². The first-order valence-corrected chi connectivity index (χ1v) is 7.88. The molecular formula is C18H19ClN2O3. The van der Waals surface area contributed by atoms with Gasteiger partial charge in [-0.1, -0.05) is 29.8 Å². The Labute approximate surface area is 146 Å². The molecule has 0 saturated heterocycles. The van der Waals surface area contributed by atoms with Crippen molar-refractivity contribution in [2.75, 3.05) is 24.4 Å². The maximum atomic E-state index is 12.0. The second-order valence-electron chi connectivity index (χ2n) is 5.20. The van der Waals surface area contributed by atoms with E-state index < -0.39 is 0 Å². The molecule has 126 valence electrons. The van der Waals surface area contributed by atoms with E-state index in [-0.39, 0.29) is 18.4 Å². The summed E-state index contributed by atoms with van der Waals surface area (Å²) in [5.41, 5.74) is 2.26. The summed E-state index contributed by atoms with van der Waals surface area (Å²) in [6, 6.07) is 14.4. The fraction of sp³-hybridized carbons (Fsp3) is 0.222. The summed E-state index contributed by atoms with van der Waals surface area (Å²) in [4.78, 5) is 23.4. The van der Waals surface area contributed by atoms with E-state index in [1.807, 2.05) is 24.3 Å². The number of methoxy groups -OCH3 is 1. The summed E-state index contributed by atoms with van der Waals surface area (Å²) in [5.74, 6) is -0.319. The highest BCUT2D eigenvalue weighted by molar-refractivity contribution is 6.31. The molecule has 0 aromatic heterocycles. The molecule has 0 radical (unpaired) electrons. The average molecular weight is 347 g/mol. The van der Waals surface area contributed by atoms with Gasteiger partial charge in [-0.05, 0) is 42.3 Å². The van der Waals surface area contributed by atoms with Gasteiger partial charge in [-0.15, -0.1) is 0 Å². The first kappa shape index (κ1) is 18.0. The molecule has 0 aliphatic heterocycles. The molecule has 5 nitrogen and oxygen atoms in total. The zero-order valence-electron chi connectivity index (χ0n) is 13.3. The Balaban J connectivity index is 1.83. The van der Waals surface area contributed by atoms with Crippen LogP contribution in [0.2, 0.25) is 5.02 Å². The van der Waals surface area contributed by atoms with Crippen LogP contribution >= 0.6 is 11.6 Å². The van der Waals surface area contributed by atoms with E-state index in [0.717, 1.165) is 5.56 Å². The predicted molar refractivity (Wildman–Crippen MR) is 95.4 cm³/mol. The number of carbonyl (C=O) groups is 2. The molecule has 0 bridgehead atoms. The van der Waals surface area contributed by atoms with Crippen molar-refractivity contribution >= 4 is 34.8 Å². The van der Waals surface area contributed by atoms with Gasteiger partial charge in [0.25, 0.3) is 0 Å². The van der Waals surface area contributed by atoms with Crippen LogP contribution in [0.3, 0.4) is 0 Å². The fourth-order valence-electron chi connectivity index (χ4n) is 2.14. The fourth-order valence-corrected chi connectivity index (χ4v) is 2.37. The monoisotopic (exact) mass is 346 g/mol. The number of halogens is 1. The number of aryl methyl sites for hydroxylation is 1. The Kier molecular flexibility index (Phi) is 6.78. The SMILES string of the molecule is COCC(=O)Nc1ccc(NC(=O)CCc2ccccc2Cl)cc1. The van der Waals surface area contributed by atoms with Crippen LogP contribution in [0.15, 0.2) is 48.5 Å². The third-order valence-electron chi connectivity index (χ3n) is 3.31. The van der Waals surface area contributed by atoms with E-state index in [1.165, 1.54) is 7.11 Å². The van der Waals surface area contributed by atoms with Gasteiger partial charge in [-0.3, -0.25) is 9.59 Å². The number of anilines is 2. The summed E-state index contributed by atoms with van der Waals surface area (Å²) in [5, 5.41) is 6.17. The van der Waals surface area contributed by atoms with Crippen LogP contribution in [0.4, 0.5) is 11.4 Å². The maximum Gasteiger partial charge on any atom is 0.250 e. The summed E-state index contributed by atoms with van der Waals surface area (Å²) in [6.45, 7) is 0.000529. The van der Waals surface area contributed by atoms with Gasteiger partial charge in [-0.2, -0.15) is 0 Å². The van der Waals surface area contributed by atoms with Crippen LogP contribution in [0, 0.1) is 0 Å². The summed E-state index contributed by atoms with van der Waals surface area (Å²) in [7, 11) is 1.46. The van der Waals surface area contributed by atoms with Crippen LogP contribution in [-0.4, -0.2) is 25.5 Å². The first-order valence-electron chi connectivity index (χ1n) is 7.50. The molecule has 0 aliphatic carbocycles. The predicted octanol–water partition coefficient (Wildman–Crippen LogP) is 3.50. The van der Waals surface area contributed by atoms with Crippen LogP contribution in [0.5, 0.6) is 0 Å². The van der Waals surface area contributed by atoms with Crippen molar-refractivity contribution < 1.29 is 14.3 Å². The van der Waals surface area contributed by atoms with Crippen LogP contribution in [0.1, 0.15) is 12.0 Å². The van der Waals surface area contributed by atoms with Gasteiger partial charge in [0.15, 0.2) is 0 Å². The van der Waals surface area contributed by atoms with E-state index in [4.69, 9.17) is 16.3 Å². The van der Waals surface area contributed by atoms with E-state index in [0.29, 0.717) is 29.2 Å². The molecule has 2 N–H and O–H groups in total. The highest BCUT2D eigenvalue weighted by Crippen LogP contribution is 2.17. The lowest BCUT2D eigenvalue weighted by Gasteiger charge is -2.08. The van der Waals surface area contributed by atoms with Crippen LogP contribution in [0.25, 0.3) is 0 Å². The minimum Gasteiger partial charge on any atom is -0.375 e. The van der Waals surface area contributed by atoms with Crippen molar-refractivity contribution in [2.24, 2.45) is 0 Å². The largest absolute Gasteiger partial charge is 0.375 e. The van der Waals surface area contributed by atoms with E-state index >= 15 is 0 Å². The minimum absolute atomic E-state index is 0.000529. The lowest BCUT2D eigenvalue weighted by Crippen LogP contribution is -2.17. The molecule has 2 amide bonds. The highest BCUT2D eigenvalue weighted by Gasteiger charge is 2.06. The number of nitrogens with one attached hydrogen (secondary N) is 2. The minimum atomic E-state index is -0.228. The standard InChI is InChI=1S/C18H19ClN2O3/c1-24-12-18(23)21-15-9-7-14(8-10-15)20-17(22)11-6-13-4-2-3-5-16(13)19/h2-5,7-10H,6,11-12H2,1H3,(H,20,22)(H,21,23). The third-order valence-corrected chi connectivity index (χ3v) is 3.68. The lowest BCUT2D eigenvalue weighted by molar-refractivity contribution is -0.119. The number of hydrogen-bond acceptors (Lipinski definition) is 3. The Bertz CT molecular complexity index is 702. The molecule has 2 aromatic rings. The van der Waals surface area contributed by atoms with Gasteiger partial charge < -0.3 is 15.4 Å². The molecule has 0 saturated carbocycles. The molecule has 6 heteroatoms. The Morgan fingerprint density at radius 1 is 0.958 bits per heavy atom. The Morgan fingerprint density at radius 2 is 1.54 bits per heavy atom. The number of benzene rings is 2. The molecule has 0 spiro atoms. The van der Waals surface area contributed by atoms with Gasteiger partial charge in [0.2, 0.25) is 11.8 Å². The summed E-state index contributed by atoms with van der Waals surface area (Å²) in [6.07, 6.45) is 0.923. The second-order valence-corrected chi connectivity index (χ2v) is 5.61. The van der Waals surface area contributed by atoms with Gasteiger partial charge in [0.1, 0.15) is 6.61 Å². The van der Waals surface area contributed by atoms with Crippen molar-refractivity contribution in [1.82, 2.24) is 0 Å². The van der Waals surface area contributed by atoms with Gasteiger partial charge >= 0.3 is 0 Å². The van der Waals surface area contributed by atoms with Crippen LogP contribution < -0.4 is 10.6 Å². The molecule has 2 rings (SSSR count). The zero-order chi connectivity index (χ0) is 17.4. The molecule has 0 atom stereocenters. The van der Waals surface area contributed by atoms with Crippen molar-refractivity contribution in [3.8, 4) is 0 Å². The molecular weight excluding hydrogens is 328 g/mol. The number of ether oxygens (including phenoxy) is 1. The first-order chi connectivity index (χ1) is 11.6. The smallest absolute Gasteiger partial charge is 0.250 e. The van der Waals surface area contributed by atoms with Crippen molar-refractivity contribution in [2.45, 2.75) is 12.8 Å². The number of rotatable bonds is 7. The van der Waals surface area contributed by atoms with Gasteiger partial charge in [-0.25, -0.2) is 0 Å². The van der Waals surface area contributed by atoms with Crippen molar-refractivity contribution in [1.29, 1.82) is 0 Å². The molecule has 0 fully saturated rings. The molecule has 0 heterocycles. The van der Waals surface area contributed by atoms with E-state index in [1.54, 1.807) is 24.3 Å². The number of carbonyl (C=O) groups excluding carboxylic acids is 2.